The Hall–Kier alpha value is -8.48. The highest BCUT2D eigenvalue weighted by molar-refractivity contribution is 6.19. The summed E-state index contributed by atoms with van der Waals surface area (Å²) in [6, 6.07) is 76.2. The molecule has 62 heavy (non-hydrogen) atoms. The van der Waals surface area contributed by atoms with Gasteiger partial charge in [-0.05, 0) is 65.7 Å². The fourth-order valence-corrected chi connectivity index (χ4v) is 8.86. The van der Waals surface area contributed by atoms with Crippen LogP contribution in [0.4, 0.5) is 0 Å². The Morgan fingerprint density at radius 1 is 0.258 bits per heavy atom. The predicted octanol–water partition coefficient (Wildman–Crippen LogP) is 13.8. The van der Waals surface area contributed by atoms with Gasteiger partial charge in [-0.3, -0.25) is 4.57 Å². The summed E-state index contributed by atoms with van der Waals surface area (Å²) in [6.45, 7) is 0. The molecule has 6 nitrogen and oxygen atoms in total. The molecule has 0 amide bonds. The summed E-state index contributed by atoms with van der Waals surface area (Å²) in [5.41, 5.74) is 13.2. The highest BCUT2D eigenvalue weighted by Gasteiger charge is 2.21. The summed E-state index contributed by atoms with van der Waals surface area (Å²) >= 11 is 0. The third-order valence-electron chi connectivity index (χ3n) is 11.8. The van der Waals surface area contributed by atoms with E-state index in [-0.39, 0.29) is 0 Å². The van der Waals surface area contributed by atoms with Crippen LogP contribution in [0.15, 0.2) is 218 Å². The van der Waals surface area contributed by atoms with Crippen LogP contribution in [-0.4, -0.2) is 29.1 Å². The van der Waals surface area contributed by atoms with Crippen molar-refractivity contribution in [2.75, 3.05) is 0 Å². The normalized spacial score (nSPS) is 11.5. The van der Waals surface area contributed by atoms with Crippen molar-refractivity contribution < 1.29 is 0 Å². The summed E-state index contributed by atoms with van der Waals surface area (Å²) < 4.78 is 4.56. The molecule has 4 heterocycles. The number of aromatic nitrogens is 6. The van der Waals surface area contributed by atoms with Gasteiger partial charge >= 0.3 is 0 Å². The number of rotatable bonds is 7. The van der Waals surface area contributed by atoms with Gasteiger partial charge in [-0.2, -0.15) is 9.97 Å². The fraction of sp³-hybridized carbons (Fsp3) is 0. The summed E-state index contributed by atoms with van der Waals surface area (Å²) in [6.07, 6.45) is 0. The molecular weight excluding hydrogens is 757 g/mol. The van der Waals surface area contributed by atoms with Gasteiger partial charge in [0.1, 0.15) is 0 Å². The Balaban J connectivity index is 1.08. The Morgan fingerprint density at radius 3 is 1.40 bits per heavy atom. The molecule has 0 radical (unpaired) electrons. The minimum Gasteiger partial charge on any atom is -0.309 e. The van der Waals surface area contributed by atoms with E-state index in [1.807, 2.05) is 30.3 Å². The molecular formula is C56H36N6. The van der Waals surface area contributed by atoms with Gasteiger partial charge in [0.05, 0.1) is 33.5 Å². The van der Waals surface area contributed by atoms with E-state index < -0.39 is 0 Å². The van der Waals surface area contributed by atoms with Crippen molar-refractivity contribution in [2.24, 2.45) is 0 Å². The van der Waals surface area contributed by atoms with E-state index in [0.717, 1.165) is 83.3 Å². The average Bonchev–Trinajstić information content (AvgIpc) is 3.86. The molecule has 290 valence electrons. The van der Waals surface area contributed by atoms with Crippen molar-refractivity contribution in [3.63, 3.8) is 0 Å². The maximum Gasteiger partial charge on any atom is 0.238 e. The topological polar surface area (TPSA) is 61.4 Å². The zero-order valence-corrected chi connectivity index (χ0v) is 33.5. The second-order valence-electron chi connectivity index (χ2n) is 15.5. The molecule has 0 saturated heterocycles. The molecule has 0 N–H and O–H groups in total. The molecule has 12 rings (SSSR count). The van der Waals surface area contributed by atoms with Crippen LogP contribution in [0.3, 0.4) is 0 Å². The van der Waals surface area contributed by atoms with Crippen molar-refractivity contribution in [3.8, 4) is 68.1 Å². The van der Waals surface area contributed by atoms with E-state index in [9.17, 15) is 0 Å². The first-order valence-corrected chi connectivity index (χ1v) is 20.8. The van der Waals surface area contributed by atoms with Crippen LogP contribution in [0.2, 0.25) is 0 Å². The van der Waals surface area contributed by atoms with E-state index in [1.165, 1.54) is 10.8 Å². The van der Waals surface area contributed by atoms with Crippen molar-refractivity contribution >= 4 is 43.6 Å². The summed E-state index contributed by atoms with van der Waals surface area (Å²) in [5.74, 6) is 1.71. The first kappa shape index (κ1) is 35.5. The van der Waals surface area contributed by atoms with Gasteiger partial charge in [0, 0.05) is 49.5 Å². The van der Waals surface area contributed by atoms with Gasteiger partial charge in [-0.15, -0.1) is 0 Å². The summed E-state index contributed by atoms with van der Waals surface area (Å²) in [7, 11) is 0. The monoisotopic (exact) mass is 792 g/mol. The predicted molar refractivity (Wildman–Crippen MR) is 253 cm³/mol. The molecule has 0 saturated carbocycles. The van der Waals surface area contributed by atoms with Crippen LogP contribution in [0, 0.1) is 0 Å². The van der Waals surface area contributed by atoms with Crippen LogP contribution < -0.4 is 0 Å². The second kappa shape index (κ2) is 14.7. The number of hydrogen-bond acceptors (Lipinski definition) is 4. The molecule has 0 aliphatic rings. The van der Waals surface area contributed by atoms with Crippen molar-refractivity contribution in [1.29, 1.82) is 0 Å². The summed E-state index contributed by atoms with van der Waals surface area (Å²) in [5, 5.41) is 4.66. The maximum atomic E-state index is 5.35. The average molecular weight is 793 g/mol. The van der Waals surface area contributed by atoms with Crippen molar-refractivity contribution in [2.45, 2.75) is 0 Å². The Labute approximate surface area is 357 Å². The number of pyridine rings is 1. The van der Waals surface area contributed by atoms with Crippen LogP contribution in [0.25, 0.3) is 112 Å². The lowest BCUT2D eigenvalue weighted by molar-refractivity contribution is 0.953. The lowest BCUT2D eigenvalue weighted by atomic mass is 9.99. The SMILES string of the molecule is c1ccc(-c2cc(-c3ccccc3)nc(-c3cccc(-c4nc(-c5ccccc5)nc(-n5c6ccccc6c6cc7c8ccccc8n(-c8ccccc8)c7cc65)n4)c3)c2)cc1. The lowest BCUT2D eigenvalue weighted by Gasteiger charge is -2.13. The van der Waals surface area contributed by atoms with Gasteiger partial charge in [0.2, 0.25) is 5.95 Å². The highest BCUT2D eigenvalue weighted by Crippen LogP contribution is 2.40. The number of fused-ring (bicyclic) bond motifs is 6. The molecule has 0 bridgehead atoms. The standard InChI is InChI=1S/C56H36N6/c1-5-18-37(19-6-1)42-33-48(38-20-7-2-8-21-38)57-49(34-42)40-24-17-25-41(32-40)55-58-54(39-22-9-3-10-23-39)59-56(60-55)62-51-31-16-14-29-45(51)47-35-46-44-28-13-15-30-50(44)61(52(46)36-53(47)62)43-26-11-4-12-27-43/h1-36H. The quantitative estimate of drug-likeness (QED) is 0.161. The molecule has 0 fully saturated rings. The van der Waals surface area contributed by atoms with Crippen LogP contribution in [0.1, 0.15) is 0 Å². The molecule has 12 aromatic rings. The lowest BCUT2D eigenvalue weighted by Crippen LogP contribution is -2.06. The van der Waals surface area contributed by atoms with Gasteiger partial charge < -0.3 is 4.57 Å². The molecule has 4 aromatic heterocycles. The molecule has 0 atom stereocenters. The van der Waals surface area contributed by atoms with Crippen LogP contribution >= 0.6 is 0 Å². The molecule has 0 aliphatic heterocycles. The minimum atomic E-state index is 0.544. The largest absolute Gasteiger partial charge is 0.309 e. The smallest absolute Gasteiger partial charge is 0.238 e. The number of benzene rings is 8. The second-order valence-corrected chi connectivity index (χ2v) is 15.5. The van der Waals surface area contributed by atoms with E-state index in [2.05, 4.69) is 197 Å². The third-order valence-corrected chi connectivity index (χ3v) is 11.8. The third kappa shape index (κ3) is 6.04. The van der Waals surface area contributed by atoms with E-state index in [0.29, 0.717) is 17.6 Å². The number of nitrogens with zero attached hydrogens (tertiary/aromatic N) is 6. The van der Waals surface area contributed by atoms with Gasteiger partial charge in [0.15, 0.2) is 11.6 Å². The van der Waals surface area contributed by atoms with Gasteiger partial charge in [-0.1, -0.05) is 164 Å². The molecule has 0 aliphatic carbocycles. The first-order valence-electron chi connectivity index (χ1n) is 20.8. The molecule has 6 heteroatoms. The Bertz CT molecular complexity index is 3560. The highest BCUT2D eigenvalue weighted by atomic mass is 15.2. The van der Waals surface area contributed by atoms with E-state index >= 15 is 0 Å². The number of para-hydroxylation sites is 3. The Morgan fingerprint density at radius 2 is 0.742 bits per heavy atom. The zero-order chi connectivity index (χ0) is 41.0. The number of hydrogen-bond donors (Lipinski definition) is 0. The van der Waals surface area contributed by atoms with Crippen molar-refractivity contribution in [1.82, 2.24) is 29.1 Å². The van der Waals surface area contributed by atoms with E-state index in [4.69, 9.17) is 19.9 Å². The molecule has 0 spiro atoms. The summed E-state index contributed by atoms with van der Waals surface area (Å²) in [4.78, 5) is 21.0. The fourth-order valence-electron chi connectivity index (χ4n) is 8.86. The van der Waals surface area contributed by atoms with E-state index in [1.54, 1.807) is 0 Å². The van der Waals surface area contributed by atoms with Crippen molar-refractivity contribution in [3.05, 3.63) is 218 Å². The molecule has 0 unspecified atom stereocenters. The zero-order valence-electron chi connectivity index (χ0n) is 33.5. The minimum absolute atomic E-state index is 0.544. The van der Waals surface area contributed by atoms with Crippen LogP contribution in [0.5, 0.6) is 0 Å². The Kier molecular flexibility index (Phi) is 8.38. The van der Waals surface area contributed by atoms with Gasteiger partial charge in [0.25, 0.3) is 0 Å². The van der Waals surface area contributed by atoms with Gasteiger partial charge in [-0.25, -0.2) is 9.97 Å². The molecule has 8 aromatic carbocycles. The maximum absolute atomic E-state index is 5.35. The van der Waals surface area contributed by atoms with Crippen LogP contribution in [-0.2, 0) is 0 Å². The first-order chi connectivity index (χ1) is 30.7.